The molecule has 0 atom stereocenters. The molecule has 4 nitrogen and oxygen atoms in total. The van der Waals surface area contributed by atoms with Crippen molar-refractivity contribution in [3.8, 4) is 0 Å². The number of nitrogens with zero attached hydrogens (tertiary/aromatic N) is 1. The molecule has 1 heterocycles. The van der Waals surface area contributed by atoms with Crippen LogP contribution in [0.2, 0.25) is 0 Å². The van der Waals surface area contributed by atoms with Gasteiger partial charge in [-0.05, 0) is 30.7 Å². The highest BCUT2D eigenvalue weighted by molar-refractivity contribution is 9.10. The maximum atomic E-state index is 12.1. The Hall–Kier alpha value is -1.88. The van der Waals surface area contributed by atoms with Crippen molar-refractivity contribution in [3.63, 3.8) is 0 Å². The zero-order valence-electron chi connectivity index (χ0n) is 12.6. The standard InChI is InChI=1S/C17H20BrN3O/c1-2-3-4-8-20-17(22)13-9-16(12-19-11-13)21-15-7-5-6-14(18)10-15/h5-7,9-12,21H,2-4,8H2,1H3,(H,20,22). The molecule has 2 aromatic rings. The number of rotatable bonds is 7. The molecule has 1 aromatic carbocycles. The number of halogens is 1. The fraction of sp³-hybridized carbons (Fsp3) is 0.294. The number of benzene rings is 1. The monoisotopic (exact) mass is 361 g/mol. The predicted molar refractivity (Wildman–Crippen MR) is 93.5 cm³/mol. The number of carbonyl (C=O) groups is 1. The maximum Gasteiger partial charge on any atom is 0.252 e. The van der Waals surface area contributed by atoms with E-state index in [0.29, 0.717) is 12.1 Å². The number of unbranched alkanes of at least 4 members (excludes halogenated alkanes) is 2. The Morgan fingerprint density at radius 2 is 2.05 bits per heavy atom. The minimum atomic E-state index is -0.0819. The zero-order valence-corrected chi connectivity index (χ0v) is 14.2. The maximum absolute atomic E-state index is 12.1. The zero-order chi connectivity index (χ0) is 15.8. The van der Waals surface area contributed by atoms with Gasteiger partial charge in [-0.1, -0.05) is 41.8 Å². The summed E-state index contributed by atoms with van der Waals surface area (Å²) in [6.45, 7) is 2.85. The van der Waals surface area contributed by atoms with E-state index in [9.17, 15) is 4.79 Å². The molecule has 1 amide bonds. The van der Waals surface area contributed by atoms with Crippen molar-refractivity contribution in [2.75, 3.05) is 11.9 Å². The summed E-state index contributed by atoms with van der Waals surface area (Å²) in [5.41, 5.74) is 2.30. The molecule has 0 aliphatic carbocycles. The van der Waals surface area contributed by atoms with Gasteiger partial charge in [0.25, 0.3) is 5.91 Å². The van der Waals surface area contributed by atoms with E-state index in [-0.39, 0.29) is 5.91 Å². The molecule has 0 unspecified atom stereocenters. The second-order valence-corrected chi connectivity index (χ2v) is 5.98. The molecule has 2 rings (SSSR count). The lowest BCUT2D eigenvalue weighted by Crippen LogP contribution is -2.24. The number of nitrogens with one attached hydrogen (secondary N) is 2. The molecule has 2 N–H and O–H groups in total. The third-order valence-corrected chi connectivity index (χ3v) is 3.67. The quantitative estimate of drug-likeness (QED) is 0.713. The van der Waals surface area contributed by atoms with Crippen LogP contribution in [0.1, 0.15) is 36.5 Å². The SMILES string of the molecule is CCCCCNC(=O)c1cncc(Nc2cccc(Br)c2)c1. The van der Waals surface area contributed by atoms with Gasteiger partial charge in [-0.15, -0.1) is 0 Å². The summed E-state index contributed by atoms with van der Waals surface area (Å²) >= 11 is 3.43. The molecule has 0 aliphatic rings. The lowest BCUT2D eigenvalue weighted by Gasteiger charge is -2.09. The van der Waals surface area contributed by atoms with Crippen molar-refractivity contribution < 1.29 is 4.79 Å². The van der Waals surface area contributed by atoms with Gasteiger partial charge in [0.05, 0.1) is 17.4 Å². The van der Waals surface area contributed by atoms with Crippen molar-refractivity contribution in [2.24, 2.45) is 0 Å². The van der Waals surface area contributed by atoms with Gasteiger partial charge in [0, 0.05) is 22.9 Å². The molecule has 1 aromatic heterocycles. The molecule has 0 radical (unpaired) electrons. The van der Waals surface area contributed by atoms with E-state index < -0.39 is 0 Å². The van der Waals surface area contributed by atoms with Crippen LogP contribution in [0.15, 0.2) is 47.2 Å². The Kier molecular flexibility index (Phi) is 6.40. The highest BCUT2D eigenvalue weighted by Gasteiger charge is 2.06. The van der Waals surface area contributed by atoms with Crippen molar-refractivity contribution in [3.05, 3.63) is 52.8 Å². The van der Waals surface area contributed by atoms with Crippen LogP contribution in [0, 0.1) is 0 Å². The van der Waals surface area contributed by atoms with Gasteiger partial charge in [0.15, 0.2) is 0 Å². The fourth-order valence-electron chi connectivity index (χ4n) is 2.04. The summed E-state index contributed by atoms with van der Waals surface area (Å²) in [6.07, 6.45) is 6.56. The minimum Gasteiger partial charge on any atom is -0.354 e. The summed E-state index contributed by atoms with van der Waals surface area (Å²) in [5, 5.41) is 6.16. The summed E-state index contributed by atoms with van der Waals surface area (Å²) in [4.78, 5) is 16.2. The number of pyridine rings is 1. The van der Waals surface area contributed by atoms with Crippen molar-refractivity contribution in [1.82, 2.24) is 10.3 Å². The molecule has 0 aliphatic heterocycles. The first kappa shape index (κ1) is 16.5. The highest BCUT2D eigenvalue weighted by atomic mass is 79.9. The molecule has 5 heteroatoms. The molecule has 116 valence electrons. The second kappa shape index (κ2) is 8.54. The molecule has 0 fully saturated rings. The third kappa shape index (κ3) is 5.15. The molecule has 0 saturated carbocycles. The van der Waals surface area contributed by atoms with Gasteiger partial charge in [0.2, 0.25) is 0 Å². The average Bonchev–Trinajstić information content (AvgIpc) is 2.52. The van der Waals surface area contributed by atoms with Gasteiger partial charge in [-0.3, -0.25) is 9.78 Å². The first-order valence-corrected chi connectivity index (χ1v) is 8.24. The average molecular weight is 362 g/mol. The highest BCUT2D eigenvalue weighted by Crippen LogP contribution is 2.20. The van der Waals surface area contributed by atoms with Crippen molar-refractivity contribution in [2.45, 2.75) is 26.2 Å². The van der Waals surface area contributed by atoms with Crippen LogP contribution in [-0.2, 0) is 0 Å². The summed E-state index contributed by atoms with van der Waals surface area (Å²) in [5.74, 6) is -0.0819. The van der Waals surface area contributed by atoms with Crippen LogP contribution in [0.4, 0.5) is 11.4 Å². The van der Waals surface area contributed by atoms with Gasteiger partial charge >= 0.3 is 0 Å². The number of anilines is 2. The van der Waals surface area contributed by atoms with E-state index in [1.165, 1.54) is 0 Å². The number of amides is 1. The van der Waals surface area contributed by atoms with Gasteiger partial charge in [-0.25, -0.2) is 0 Å². The lowest BCUT2D eigenvalue weighted by atomic mass is 10.2. The Morgan fingerprint density at radius 1 is 1.18 bits per heavy atom. The van der Waals surface area contributed by atoms with E-state index in [4.69, 9.17) is 0 Å². The first-order chi connectivity index (χ1) is 10.7. The Labute approximate surface area is 139 Å². The summed E-state index contributed by atoms with van der Waals surface area (Å²) < 4.78 is 0.996. The Balaban J connectivity index is 1.98. The van der Waals surface area contributed by atoms with E-state index in [2.05, 4.69) is 38.5 Å². The van der Waals surface area contributed by atoms with Crippen LogP contribution in [0.5, 0.6) is 0 Å². The Morgan fingerprint density at radius 3 is 2.82 bits per heavy atom. The van der Waals surface area contributed by atoms with E-state index >= 15 is 0 Å². The number of hydrogen-bond donors (Lipinski definition) is 2. The molecule has 0 saturated heterocycles. The molecular formula is C17H20BrN3O. The summed E-state index contributed by atoms with van der Waals surface area (Å²) in [6, 6.07) is 9.65. The normalized spacial score (nSPS) is 10.3. The minimum absolute atomic E-state index is 0.0819. The Bertz CT molecular complexity index is 631. The van der Waals surface area contributed by atoms with Crippen LogP contribution >= 0.6 is 15.9 Å². The number of carbonyl (C=O) groups excluding carboxylic acids is 1. The predicted octanol–water partition coefficient (Wildman–Crippen LogP) is 4.51. The van der Waals surface area contributed by atoms with Crippen molar-refractivity contribution in [1.29, 1.82) is 0 Å². The molecular weight excluding hydrogens is 342 g/mol. The van der Waals surface area contributed by atoms with Crippen molar-refractivity contribution >= 4 is 33.2 Å². The lowest BCUT2D eigenvalue weighted by molar-refractivity contribution is 0.0952. The second-order valence-electron chi connectivity index (χ2n) is 5.06. The molecule has 0 spiro atoms. The fourth-order valence-corrected chi connectivity index (χ4v) is 2.44. The van der Waals surface area contributed by atoms with Gasteiger partial charge in [-0.2, -0.15) is 0 Å². The first-order valence-electron chi connectivity index (χ1n) is 7.45. The van der Waals surface area contributed by atoms with E-state index in [1.807, 2.05) is 30.3 Å². The van der Waals surface area contributed by atoms with Gasteiger partial charge < -0.3 is 10.6 Å². The number of aromatic nitrogens is 1. The largest absolute Gasteiger partial charge is 0.354 e. The van der Waals surface area contributed by atoms with Crippen LogP contribution in [0.25, 0.3) is 0 Å². The summed E-state index contributed by atoms with van der Waals surface area (Å²) in [7, 11) is 0. The van der Waals surface area contributed by atoms with Gasteiger partial charge in [0.1, 0.15) is 0 Å². The van der Waals surface area contributed by atoms with E-state index in [1.54, 1.807) is 12.4 Å². The van der Waals surface area contributed by atoms with Crippen LogP contribution in [-0.4, -0.2) is 17.4 Å². The third-order valence-electron chi connectivity index (χ3n) is 3.18. The van der Waals surface area contributed by atoms with Crippen LogP contribution < -0.4 is 10.6 Å². The van der Waals surface area contributed by atoms with Crippen LogP contribution in [0.3, 0.4) is 0 Å². The van der Waals surface area contributed by atoms with E-state index in [0.717, 1.165) is 35.1 Å². The topological polar surface area (TPSA) is 54.0 Å². The molecule has 22 heavy (non-hydrogen) atoms. The number of hydrogen-bond acceptors (Lipinski definition) is 3. The smallest absolute Gasteiger partial charge is 0.252 e. The molecule has 0 bridgehead atoms.